The molecule has 0 amide bonds. The quantitative estimate of drug-likeness (QED) is 0.518. The van der Waals surface area contributed by atoms with Gasteiger partial charge < -0.3 is 0 Å². The molecule has 0 aromatic heterocycles. The Bertz CT molecular complexity index is 161. The largest absolute Gasteiger partial charge is 0.0843 e. The molecule has 0 unspecified atom stereocenters. The average Bonchev–Trinajstić information content (AvgIpc) is 2.05. The Morgan fingerprint density at radius 1 is 1.60 bits per heavy atom. The van der Waals surface area contributed by atoms with E-state index in [0.717, 1.165) is 0 Å². The van der Waals surface area contributed by atoms with Crippen LogP contribution >= 0.6 is 0 Å². The minimum Gasteiger partial charge on any atom is -0.0843 e. The highest BCUT2D eigenvalue weighted by Gasteiger charge is 2.00. The predicted molar refractivity (Wildman–Crippen MR) is 46.0 cm³/mol. The zero-order valence-corrected chi connectivity index (χ0v) is 6.98. The molecule has 0 saturated carbocycles. The smallest absolute Gasteiger partial charge is 0.0277 e. The Hall–Kier alpha value is -0.520. The maximum absolute atomic E-state index is 2.29. The van der Waals surface area contributed by atoms with Gasteiger partial charge in [0.05, 0.1) is 0 Å². The first-order valence-corrected chi connectivity index (χ1v) is 4.19. The third-order valence-corrected chi connectivity index (χ3v) is 2.21. The first kappa shape index (κ1) is 7.59. The van der Waals surface area contributed by atoms with Gasteiger partial charge in [0.15, 0.2) is 0 Å². The third kappa shape index (κ3) is 1.73. The molecular formula is C10H16. The first-order valence-electron chi connectivity index (χ1n) is 4.19. The summed E-state index contributed by atoms with van der Waals surface area (Å²) in [5, 5.41) is 0. The van der Waals surface area contributed by atoms with Gasteiger partial charge in [0, 0.05) is 0 Å². The maximum atomic E-state index is 2.29. The molecule has 0 saturated heterocycles. The van der Waals surface area contributed by atoms with E-state index >= 15 is 0 Å². The molecule has 1 rings (SSSR count). The van der Waals surface area contributed by atoms with Gasteiger partial charge in [0.25, 0.3) is 0 Å². The molecule has 0 bridgehead atoms. The summed E-state index contributed by atoms with van der Waals surface area (Å²) in [6.45, 7) is 4.47. The summed E-state index contributed by atoms with van der Waals surface area (Å²) >= 11 is 0. The van der Waals surface area contributed by atoms with Crippen LogP contribution in [0, 0.1) is 0 Å². The topological polar surface area (TPSA) is 0 Å². The molecule has 56 valence electrons. The van der Waals surface area contributed by atoms with Gasteiger partial charge in [0.1, 0.15) is 0 Å². The standard InChI is InChI=1S/C10H16/c1-3-9(2)10-7-5-4-6-8-10/h5,7H,3-4,6,8H2,1-2H3. The molecule has 0 aliphatic heterocycles. The second-order valence-corrected chi connectivity index (χ2v) is 2.95. The lowest BCUT2D eigenvalue weighted by Crippen LogP contribution is -1.89. The maximum Gasteiger partial charge on any atom is -0.0277 e. The van der Waals surface area contributed by atoms with Crippen LogP contribution in [-0.4, -0.2) is 0 Å². The first-order chi connectivity index (χ1) is 4.84. The van der Waals surface area contributed by atoms with E-state index in [1.54, 1.807) is 11.1 Å². The SMILES string of the molecule is CCC(C)=C1C=CCCC1. The third-order valence-electron chi connectivity index (χ3n) is 2.21. The van der Waals surface area contributed by atoms with Crippen LogP contribution in [0.5, 0.6) is 0 Å². The molecule has 0 radical (unpaired) electrons. The predicted octanol–water partition coefficient (Wildman–Crippen LogP) is 3.45. The monoisotopic (exact) mass is 136 g/mol. The highest BCUT2D eigenvalue weighted by atomic mass is 14.1. The van der Waals surface area contributed by atoms with Crippen LogP contribution in [0.3, 0.4) is 0 Å². The highest BCUT2D eigenvalue weighted by Crippen LogP contribution is 2.20. The van der Waals surface area contributed by atoms with E-state index in [0.29, 0.717) is 0 Å². The fourth-order valence-electron chi connectivity index (χ4n) is 1.30. The van der Waals surface area contributed by atoms with Crippen LogP contribution in [-0.2, 0) is 0 Å². The highest BCUT2D eigenvalue weighted by molar-refractivity contribution is 5.26. The Balaban J connectivity index is 2.69. The summed E-state index contributed by atoms with van der Waals surface area (Å²) in [5.74, 6) is 0. The number of hydrogen-bond acceptors (Lipinski definition) is 0. The van der Waals surface area contributed by atoms with Crippen LogP contribution in [0.1, 0.15) is 39.5 Å². The van der Waals surface area contributed by atoms with Crippen LogP contribution in [0.25, 0.3) is 0 Å². The second-order valence-electron chi connectivity index (χ2n) is 2.95. The number of hydrogen-bond donors (Lipinski definition) is 0. The second kappa shape index (κ2) is 3.60. The molecule has 0 aromatic rings. The van der Waals surface area contributed by atoms with E-state index in [4.69, 9.17) is 0 Å². The van der Waals surface area contributed by atoms with Crippen molar-refractivity contribution >= 4 is 0 Å². The molecule has 1 aliphatic carbocycles. The summed E-state index contributed by atoms with van der Waals surface area (Å²) in [4.78, 5) is 0. The van der Waals surface area contributed by atoms with Crippen molar-refractivity contribution in [3.63, 3.8) is 0 Å². The fourth-order valence-corrected chi connectivity index (χ4v) is 1.30. The zero-order chi connectivity index (χ0) is 7.40. The van der Waals surface area contributed by atoms with Gasteiger partial charge >= 0.3 is 0 Å². The normalized spacial score (nSPS) is 23.0. The Morgan fingerprint density at radius 3 is 2.90 bits per heavy atom. The van der Waals surface area contributed by atoms with Gasteiger partial charge in [-0.2, -0.15) is 0 Å². The van der Waals surface area contributed by atoms with E-state index in [1.165, 1.54) is 25.7 Å². The van der Waals surface area contributed by atoms with Crippen molar-refractivity contribution in [3.05, 3.63) is 23.3 Å². The molecule has 0 N–H and O–H groups in total. The summed E-state index contributed by atoms with van der Waals surface area (Å²) in [6.07, 6.45) is 9.72. The Morgan fingerprint density at radius 2 is 2.40 bits per heavy atom. The van der Waals surface area contributed by atoms with Crippen molar-refractivity contribution in [2.75, 3.05) is 0 Å². The zero-order valence-electron chi connectivity index (χ0n) is 6.98. The van der Waals surface area contributed by atoms with Gasteiger partial charge in [-0.3, -0.25) is 0 Å². The van der Waals surface area contributed by atoms with Crippen molar-refractivity contribution in [1.82, 2.24) is 0 Å². The van der Waals surface area contributed by atoms with Crippen molar-refractivity contribution in [1.29, 1.82) is 0 Å². The summed E-state index contributed by atoms with van der Waals surface area (Å²) in [6, 6.07) is 0. The van der Waals surface area contributed by atoms with Crippen LogP contribution in [0.2, 0.25) is 0 Å². The lowest BCUT2D eigenvalue weighted by atomic mass is 9.97. The minimum absolute atomic E-state index is 1.21. The molecule has 1 aliphatic rings. The van der Waals surface area contributed by atoms with Crippen molar-refractivity contribution < 1.29 is 0 Å². The van der Waals surface area contributed by atoms with Crippen molar-refractivity contribution in [2.24, 2.45) is 0 Å². The minimum atomic E-state index is 1.21. The average molecular weight is 136 g/mol. The van der Waals surface area contributed by atoms with E-state index in [1.807, 2.05) is 0 Å². The van der Waals surface area contributed by atoms with E-state index in [2.05, 4.69) is 26.0 Å². The van der Waals surface area contributed by atoms with Gasteiger partial charge in [-0.1, -0.05) is 24.6 Å². The van der Waals surface area contributed by atoms with E-state index < -0.39 is 0 Å². The van der Waals surface area contributed by atoms with E-state index in [-0.39, 0.29) is 0 Å². The number of allylic oxidation sites excluding steroid dienone is 4. The van der Waals surface area contributed by atoms with Crippen LogP contribution in [0.4, 0.5) is 0 Å². The molecule has 0 aromatic carbocycles. The molecule has 0 spiro atoms. The van der Waals surface area contributed by atoms with Crippen LogP contribution in [0.15, 0.2) is 23.3 Å². The molecule has 0 nitrogen and oxygen atoms in total. The summed E-state index contributed by atoms with van der Waals surface area (Å²) < 4.78 is 0. The van der Waals surface area contributed by atoms with E-state index in [9.17, 15) is 0 Å². The molecular weight excluding hydrogens is 120 g/mol. The lowest BCUT2D eigenvalue weighted by molar-refractivity contribution is 0.805. The number of rotatable bonds is 1. The van der Waals surface area contributed by atoms with Crippen molar-refractivity contribution in [2.45, 2.75) is 39.5 Å². The Kier molecular flexibility index (Phi) is 2.73. The summed E-state index contributed by atoms with van der Waals surface area (Å²) in [5.41, 5.74) is 3.14. The molecule has 0 heteroatoms. The molecule has 0 heterocycles. The molecule has 0 fully saturated rings. The van der Waals surface area contributed by atoms with Gasteiger partial charge in [-0.05, 0) is 38.2 Å². The van der Waals surface area contributed by atoms with Gasteiger partial charge in [0.2, 0.25) is 0 Å². The lowest BCUT2D eigenvalue weighted by Gasteiger charge is -2.09. The Labute approximate surface area is 63.6 Å². The molecule has 10 heavy (non-hydrogen) atoms. The van der Waals surface area contributed by atoms with Gasteiger partial charge in [-0.25, -0.2) is 0 Å². The fraction of sp³-hybridized carbons (Fsp3) is 0.600. The summed E-state index contributed by atoms with van der Waals surface area (Å²) in [7, 11) is 0. The van der Waals surface area contributed by atoms with Gasteiger partial charge in [-0.15, -0.1) is 0 Å². The van der Waals surface area contributed by atoms with Crippen molar-refractivity contribution in [3.8, 4) is 0 Å². The van der Waals surface area contributed by atoms with Crippen LogP contribution < -0.4 is 0 Å². The molecule has 0 atom stereocenters.